The molecule has 0 spiro atoms. The number of unbranched alkanes of at least 4 members (excludes halogenated alkanes) is 11. The first-order chi connectivity index (χ1) is 15.4. The van der Waals surface area contributed by atoms with Gasteiger partial charge in [0, 0.05) is 0 Å². The molecule has 0 aromatic heterocycles. The van der Waals surface area contributed by atoms with Gasteiger partial charge in [-0.25, -0.2) is 0 Å². The molecule has 0 saturated carbocycles. The summed E-state index contributed by atoms with van der Waals surface area (Å²) in [6.45, 7) is 2.24. The Morgan fingerprint density at radius 2 is 1.39 bits per heavy atom. The van der Waals surface area contributed by atoms with Crippen molar-refractivity contribution in [3.8, 4) is 17.2 Å². The largest absolute Gasteiger partial charge is 1.00 e. The second-order valence-corrected chi connectivity index (χ2v) is 9.86. The Morgan fingerprint density at radius 3 is 1.94 bits per heavy atom. The van der Waals surface area contributed by atoms with Gasteiger partial charge in [0.05, 0.1) is 0 Å². The summed E-state index contributed by atoms with van der Waals surface area (Å²) in [5, 5.41) is 11.5. The molecule has 0 aliphatic rings. The standard InChI is InChI=1S/C26H38O5S.Na/c1-2-3-4-5-6-7-8-9-10-11-12-13-15-22-18-19-25(26(20-22)32(28,29)30)31-24-17-14-16-23(27)21-24;/h14,16-21,27H,2-13,15H2,1H3,(H,28,29,30);/q;+1/p-1. The molecule has 2 rings (SSSR count). The minimum atomic E-state index is -4.45. The molecule has 178 valence electrons. The van der Waals surface area contributed by atoms with Crippen LogP contribution in [-0.2, 0) is 16.5 Å². The van der Waals surface area contributed by atoms with Crippen LogP contribution in [0, 0.1) is 0 Å². The van der Waals surface area contributed by atoms with Crippen LogP contribution in [0.4, 0.5) is 0 Å². The summed E-state index contributed by atoms with van der Waals surface area (Å²) < 4.78 is 38.9. The summed E-state index contributed by atoms with van der Waals surface area (Å²) in [5.74, 6) is 0.00662. The fourth-order valence-electron chi connectivity index (χ4n) is 3.83. The van der Waals surface area contributed by atoms with Crippen molar-refractivity contribution in [3.63, 3.8) is 0 Å². The molecule has 0 bridgehead atoms. The fraction of sp³-hybridized carbons (Fsp3) is 0.538. The molecule has 7 heteroatoms. The number of hydrogen-bond donors (Lipinski definition) is 1. The van der Waals surface area contributed by atoms with Crippen molar-refractivity contribution in [2.75, 3.05) is 0 Å². The van der Waals surface area contributed by atoms with Gasteiger partial charge in [0.1, 0.15) is 16.4 Å². The summed E-state index contributed by atoms with van der Waals surface area (Å²) >= 11 is 0. The van der Waals surface area contributed by atoms with Crippen molar-refractivity contribution >= 4 is 10.1 Å². The van der Waals surface area contributed by atoms with Crippen LogP contribution >= 0.6 is 0 Å². The first-order valence-corrected chi connectivity index (χ1v) is 13.4. The molecule has 2 aromatic carbocycles. The van der Waals surface area contributed by atoms with Crippen LogP contribution < -0.4 is 39.4 Å². The van der Waals surface area contributed by atoms with Gasteiger partial charge in [-0.1, -0.05) is 95.8 Å². The zero-order valence-electron chi connectivity index (χ0n) is 20.2. The second kappa shape index (κ2) is 16.6. The summed E-state index contributed by atoms with van der Waals surface area (Å²) in [5.41, 5.74) is 0.842. The summed E-state index contributed by atoms with van der Waals surface area (Å²) in [7, 11) is -4.45. The third-order valence-electron chi connectivity index (χ3n) is 5.64. The molecule has 1 N–H and O–H groups in total. The molecule has 0 aliphatic carbocycles. The number of ether oxygens (including phenoxy) is 1. The Labute approximate surface area is 222 Å². The molecule has 0 heterocycles. The van der Waals surface area contributed by atoms with Crippen molar-refractivity contribution in [1.82, 2.24) is 0 Å². The van der Waals surface area contributed by atoms with Crippen molar-refractivity contribution < 1.29 is 52.4 Å². The van der Waals surface area contributed by atoms with E-state index in [9.17, 15) is 18.1 Å². The molecule has 5 nitrogen and oxygen atoms in total. The number of aryl methyl sites for hydroxylation is 1. The van der Waals surface area contributed by atoms with E-state index in [4.69, 9.17) is 4.74 Å². The van der Waals surface area contributed by atoms with E-state index in [-0.39, 0.29) is 51.7 Å². The fourth-order valence-corrected chi connectivity index (χ4v) is 4.49. The van der Waals surface area contributed by atoms with Crippen LogP contribution in [0.2, 0.25) is 0 Å². The van der Waals surface area contributed by atoms with Gasteiger partial charge in [-0.2, -0.15) is 8.42 Å². The monoisotopic (exact) mass is 484 g/mol. The molecular weight excluding hydrogens is 447 g/mol. The Hall–Kier alpha value is -1.05. The molecule has 0 atom stereocenters. The van der Waals surface area contributed by atoms with Gasteiger partial charge in [-0.05, 0) is 42.7 Å². The van der Waals surface area contributed by atoms with Gasteiger partial charge in [0.25, 0.3) is 10.1 Å². The van der Waals surface area contributed by atoms with Gasteiger partial charge in [-0.15, -0.1) is 5.75 Å². The SMILES string of the molecule is CCCCCCCCCCCCCCc1ccc(Oc2cccc([O-])c2)c(S(=O)(=O)O)c1.[Na+]. The third-order valence-corrected chi connectivity index (χ3v) is 6.51. The normalized spacial score (nSPS) is 11.2. The number of benzene rings is 2. The summed E-state index contributed by atoms with van der Waals surface area (Å²) in [6.07, 6.45) is 16.0. The zero-order valence-corrected chi connectivity index (χ0v) is 23.0. The van der Waals surface area contributed by atoms with E-state index >= 15 is 0 Å². The van der Waals surface area contributed by atoms with Crippen molar-refractivity contribution in [2.24, 2.45) is 0 Å². The quantitative estimate of drug-likeness (QED) is 0.221. The van der Waals surface area contributed by atoms with Crippen LogP contribution in [0.3, 0.4) is 0 Å². The minimum Gasteiger partial charge on any atom is -0.872 e. The molecule has 0 radical (unpaired) electrons. The van der Waals surface area contributed by atoms with E-state index in [1.165, 1.54) is 94.5 Å². The maximum atomic E-state index is 11.9. The molecule has 0 fully saturated rings. The Morgan fingerprint density at radius 1 is 0.818 bits per heavy atom. The summed E-state index contributed by atoms with van der Waals surface area (Å²) in [4.78, 5) is -0.273. The van der Waals surface area contributed by atoms with Gasteiger partial charge in [0.15, 0.2) is 0 Å². The maximum Gasteiger partial charge on any atom is 1.00 e. The predicted molar refractivity (Wildman–Crippen MR) is 127 cm³/mol. The molecule has 0 amide bonds. The van der Waals surface area contributed by atoms with Gasteiger partial charge >= 0.3 is 29.6 Å². The van der Waals surface area contributed by atoms with Crippen LogP contribution in [0.15, 0.2) is 47.4 Å². The molecule has 0 aliphatic heterocycles. The van der Waals surface area contributed by atoms with Gasteiger partial charge in [0.2, 0.25) is 0 Å². The maximum absolute atomic E-state index is 11.9. The van der Waals surface area contributed by atoms with Crippen molar-refractivity contribution in [1.29, 1.82) is 0 Å². The third kappa shape index (κ3) is 12.3. The number of hydrogen-bond acceptors (Lipinski definition) is 4. The van der Waals surface area contributed by atoms with Crippen LogP contribution in [0.5, 0.6) is 17.2 Å². The smallest absolute Gasteiger partial charge is 0.872 e. The second-order valence-electron chi connectivity index (χ2n) is 8.47. The van der Waals surface area contributed by atoms with Crippen molar-refractivity contribution in [3.05, 3.63) is 48.0 Å². The van der Waals surface area contributed by atoms with E-state index in [1.54, 1.807) is 6.07 Å². The molecule has 2 aromatic rings. The van der Waals surface area contributed by atoms with Gasteiger partial charge < -0.3 is 9.84 Å². The van der Waals surface area contributed by atoms with Crippen LogP contribution in [0.25, 0.3) is 0 Å². The van der Waals surface area contributed by atoms with Crippen molar-refractivity contribution in [2.45, 2.75) is 95.3 Å². The van der Waals surface area contributed by atoms with Gasteiger partial charge in [-0.3, -0.25) is 4.55 Å². The Balaban J connectivity index is 0.00000544. The average Bonchev–Trinajstić information content (AvgIpc) is 2.74. The number of rotatable bonds is 16. The first kappa shape index (κ1) is 30.0. The average molecular weight is 485 g/mol. The topological polar surface area (TPSA) is 86.7 Å². The molecule has 33 heavy (non-hydrogen) atoms. The van der Waals surface area contributed by atoms with E-state index in [0.717, 1.165) is 24.8 Å². The van der Waals surface area contributed by atoms with E-state index in [1.807, 2.05) is 6.07 Å². The van der Waals surface area contributed by atoms with Crippen LogP contribution in [-0.4, -0.2) is 13.0 Å². The minimum absolute atomic E-state index is 0. The van der Waals surface area contributed by atoms with E-state index in [0.29, 0.717) is 0 Å². The van der Waals surface area contributed by atoms with Crippen LogP contribution in [0.1, 0.15) is 89.5 Å². The summed E-state index contributed by atoms with van der Waals surface area (Å²) in [6, 6.07) is 10.6. The van der Waals surface area contributed by atoms with E-state index < -0.39 is 10.1 Å². The van der Waals surface area contributed by atoms with E-state index in [2.05, 4.69) is 6.92 Å². The first-order valence-electron chi connectivity index (χ1n) is 12.0. The molecule has 0 unspecified atom stereocenters. The Kier molecular flexibility index (Phi) is 15.0. The molecule has 0 saturated heterocycles. The zero-order chi connectivity index (χ0) is 23.2. The predicted octanol–water partition coefficient (Wildman–Crippen LogP) is 4.05. The Bertz CT molecular complexity index is 915. The molecular formula is C26H37NaO5S.